The molecular weight excluding hydrogens is 399 g/mol. The van der Waals surface area contributed by atoms with E-state index >= 15 is 0 Å². The Balaban J connectivity index is 1.56. The molecule has 9 heteroatoms. The average molecular weight is 418 g/mol. The minimum Gasteiger partial charge on any atom is -0.490 e. The van der Waals surface area contributed by atoms with Gasteiger partial charge in [-0.25, -0.2) is 17.6 Å². The number of benzene rings is 2. The summed E-state index contributed by atoms with van der Waals surface area (Å²) in [4.78, 5) is 14.4. The van der Waals surface area contributed by atoms with Crippen LogP contribution in [0.15, 0.2) is 65.7 Å². The Morgan fingerprint density at radius 3 is 2.59 bits per heavy atom. The van der Waals surface area contributed by atoms with E-state index in [1.807, 2.05) is 31.2 Å². The van der Waals surface area contributed by atoms with Gasteiger partial charge < -0.3 is 14.5 Å². The smallest absolute Gasteiger partial charge is 0.354 e. The SMILES string of the molecule is Cc1ccccc1OCCOC(=O)c1cc(S(=O)(=O)Nc2ccccc2F)c[nH]1. The highest BCUT2D eigenvalue weighted by Crippen LogP contribution is 2.20. The molecule has 0 fully saturated rings. The van der Waals surface area contributed by atoms with E-state index in [1.54, 1.807) is 0 Å². The first-order valence-corrected chi connectivity index (χ1v) is 10.2. The predicted octanol–water partition coefficient (Wildman–Crippen LogP) is 3.50. The summed E-state index contributed by atoms with van der Waals surface area (Å²) in [6.07, 6.45) is 1.13. The Bertz CT molecular complexity index is 1110. The number of carbonyl (C=O) groups is 1. The molecule has 0 atom stereocenters. The molecule has 0 spiro atoms. The van der Waals surface area contributed by atoms with Crippen LogP contribution in [0, 0.1) is 12.7 Å². The standard InChI is InChI=1S/C20H19FN2O5S/c1-14-6-2-5-9-19(14)27-10-11-28-20(24)18-12-15(13-22-18)29(25,26)23-17-8-4-3-7-16(17)21/h2-9,12-13,22-23H,10-11H2,1H3. The molecule has 0 saturated heterocycles. The fraction of sp³-hybridized carbons (Fsp3) is 0.150. The number of aryl methyl sites for hydroxylation is 1. The summed E-state index contributed by atoms with van der Waals surface area (Å²) in [5.41, 5.74) is 0.723. The van der Waals surface area contributed by atoms with E-state index in [-0.39, 0.29) is 29.5 Å². The second kappa shape index (κ2) is 8.78. The van der Waals surface area contributed by atoms with E-state index in [9.17, 15) is 17.6 Å². The summed E-state index contributed by atoms with van der Waals surface area (Å²) in [6, 6.07) is 13.9. The first-order chi connectivity index (χ1) is 13.9. The Morgan fingerprint density at radius 1 is 1.10 bits per heavy atom. The summed E-state index contributed by atoms with van der Waals surface area (Å²) >= 11 is 0. The van der Waals surface area contributed by atoms with Gasteiger partial charge in [-0.3, -0.25) is 4.72 Å². The van der Waals surface area contributed by atoms with Crippen LogP contribution in [0.5, 0.6) is 5.75 Å². The topological polar surface area (TPSA) is 97.5 Å². The number of aromatic nitrogens is 1. The van der Waals surface area contributed by atoms with Gasteiger partial charge in [0.05, 0.1) is 5.69 Å². The maximum Gasteiger partial charge on any atom is 0.354 e. The summed E-state index contributed by atoms with van der Waals surface area (Å²) in [6.45, 7) is 2.04. The molecule has 2 aromatic carbocycles. The number of hydrogen-bond donors (Lipinski definition) is 2. The van der Waals surface area contributed by atoms with Crippen LogP contribution in [-0.4, -0.2) is 32.6 Å². The van der Waals surface area contributed by atoms with Crippen molar-refractivity contribution in [2.45, 2.75) is 11.8 Å². The third-order valence-electron chi connectivity index (χ3n) is 3.97. The predicted molar refractivity (Wildman–Crippen MR) is 105 cm³/mol. The van der Waals surface area contributed by atoms with Crippen LogP contribution in [0.25, 0.3) is 0 Å². The summed E-state index contributed by atoms with van der Waals surface area (Å²) in [5, 5.41) is 0. The summed E-state index contributed by atoms with van der Waals surface area (Å²) < 4.78 is 51.2. The summed E-state index contributed by atoms with van der Waals surface area (Å²) in [7, 11) is -4.07. The lowest BCUT2D eigenvalue weighted by Gasteiger charge is -2.09. The monoisotopic (exact) mass is 418 g/mol. The van der Waals surface area contributed by atoms with Gasteiger partial charge in [-0.2, -0.15) is 0 Å². The lowest BCUT2D eigenvalue weighted by Crippen LogP contribution is -2.14. The molecule has 0 aliphatic carbocycles. The van der Waals surface area contributed by atoms with Crippen molar-refractivity contribution in [1.82, 2.24) is 4.98 Å². The van der Waals surface area contributed by atoms with Gasteiger partial charge in [-0.05, 0) is 36.8 Å². The van der Waals surface area contributed by atoms with E-state index in [0.29, 0.717) is 5.75 Å². The van der Waals surface area contributed by atoms with Gasteiger partial charge in [0, 0.05) is 6.20 Å². The second-order valence-electron chi connectivity index (χ2n) is 6.08. The fourth-order valence-corrected chi connectivity index (χ4v) is 3.54. The van der Waals surface area contributed by atoms with Crippen molar-refractivity contribution in [3.05, 3.63) is 77.9 Å². The molecule has 0 bridgehead atoms. The fourth-order valence-electron chi connectivity index (χ4n) is 2.48. The number of carbonyl (C=O) groups excluding carboxylic acids is 1. The second-order valence-corrected chi connectivity index (χ2v) is 7.77. The van der Waals surface area contributed by atoms with Crippen LogP contribution in [-0.2, 0) is 14.8 Å². The third-order valence-corrected chi connectivity index (χ3v) is 5.32. The van der Waals surface area contributed by atoms with Gasteiger partial charge >= 0.3 is 5.97 Å². The van der Waals surface area contributed by atoms with Crippen molar-refractivity contribution < 1.29 is 27.1 Å². The summed E-state index contributed by atoms with van der Waals surface area (Å²) in [5.74, 6) is -0.748. The first kappa shape index (κ1) is 20.4. The van der Waals surface area contributed by atoms with E-state index in [0.717, 1.165) is 23.9 Å². The molecule has 0 unspecified atom stereocenters. The van der Waals surface area contributed by atoms with E-state index < -0.39 is 21.8 Å². The van der Waals surface area contributed by atoms with Crippen molar-refractivity contribution in [1.29, 1.82) is 0 Å². The van der Waals surface area contributed by atoms with Crippen molar-refractivity contribution in [2.24, 2.45) is 0 Å². The van der Waals surface area contributed by atoms with E-state index in [1.165, 1.54) is 18.2 Å². The number of anilines is 1. The molecule has 1 aromatic heterocycles. The molecule has 152 valence electrons. The molecular formula is C20H19FN2O5S. The first-order valence-electron chi connectivity index (χ1n) is 8.68. The molecule has 3 aromatic rings. The van der Waals surface area contributed by atoms with Crippen molar-refractivity contribution >= 4 is 21.7 Å². The van der Waals surface area contributed by atoms with Gasteiger partial charge in [0.2, 0.25) is 0 Å². The van der Waals surface area contributed by atoms with Crippen molar-refractivity contribution in [2.75, 3.05) is 17.9 Å². The highest BCUT2D eigenvalue weighted by molar-refractivity contribution is 7.92. The van der Waals surface area contributed by atoms with E-state index in [4.69, 9.17) is 9.47 Å². The molecule has 3 rings (SSSR count). The van der Waals surface area contributed by atoms with Crippen LogP contribution in [0.1, 0.15) is 16.1 Å². The van der Waals surface area contributed by atoms with Gasteiger partial charge in [0.1, 0.15) is 35.4 Å². The largest absolute Gasteiger partial charge is 0.490 e. The molecule has 1 heterocycles. The number of H-pyrrole nitrogens is 1. The molecule has 0 radical (unpaired) electrons. The molecule has 0 aliphatic heterocycles. The number of rotatable bonds is 8. The Morgan fingerprint density at radius 2 is 1.83 bits per heavy atom. The number of para-hydroxylation sites is 2. The lowest BCUT2D eigenvalue weighted by atomic mass is 10.2. The minimum atomic E-state index is -4.07. The van der Waals surface area contributed by atoms with E-state index in [2.05, 4.69) is 9.71 Å². The molecule has 0 aliphatic rings. The van der Waals surface area contributed by atoms with Crippen molar-refractivity contribution in [3.8, 4) is 5.75 Å². The molecule has 0 saturated carbocycles. The molecule has 0 amide bonds. The average Bonchev–Trinajstić information content (AvgIpc) is 3.19. The highest BCUT2D eigenvalue weighted by Gasteiger charge is 2.20. The van der Waals surface area contributed by atoms with Gasteiger partial charge in [-0.1, -0.05) is 30.3 Å². The Labute approximate surface area is 167 Å². The van der Waals surface area contributed by atoms with Crippen LogP contribution in [0.2, 0.25) is 0 Å². The number of sulfonamides is 1. The highest BCUT2D eigenvalue weighted by atomic mass is 32.2. The zero-order valence-electron chi connectivity index (χ0n) is 15.5. The van der Waals surface area contributed by atoms with Crippen LogP contribution < -0.4 is 9.46 Å². The number of aromatic amines is 1. The van der Waals surface area contributed by atoms with Crippen LogP contribution >= 0.6 is 0 Å². The number of ether oxygens (including phenoxy) is 2. The Kier molecular flexibility index (Phi) is 6.18. The van der Waals surface area contributed by atoms with Gasteiger partial charge in [0.15, 0.2) is 0 Å². The zero-order chi connectivity index (χ0) is 20.9. The third kappa shape index (κ3) is 5.14. The van der Waals surface area contributed by atoms with Crippen molar-refractivity contribution in [3.63, 3.8) is 0 Å². The Hall–Kier alpha value is -3.33. The maximum atomic E-state index is 13.7. The van der Waals surface area contributed by atoms with Gasteiger partial charge in [-0.15, -0.1) is 0 Å². The van der Waals surface area contributed by atoms with Crippen LogP contribution in [0.3, 0.4) is 0 Å². The molecule has 29 heavy (non-hydrogen) atoms. The molecule has 7 nitrogen and oxygen atoms in total. The van der Waals surface area contributed by atoms with Crippen LogP contribution in [0.4, 0.5) is 10.1 Å². The van der Waals surface area contributed by atoms with Gasteiger partial charge in [0.25, 0.3) is 10.0 Å². The quantitative estimate of drug-likeness (QED) is 0.431. The minimum absolute atomic E-state index is 0.0122. The number of hydrogen-bond acceptors (Lipinski definition) is 5. The normalized spacial score (nSPS) is 11.1. The number of nitrogens with one attached hydrogen (secondary N) is 2. The number of esters is 1. The number of halogens is 1. The zero-order valence-corrected chi connectivity index (χ0v) is 16.3. The maximum absolute atomic E-state index is 13.7. The lowest BCUT2D eigenvalue weighted by molar-refractivity contribution is 0.0444. The molecule has 2 N–H and O–H groups in total.